The van der Waals surface area contributed by atoms with Crippen LogP contribution in [0.2, 0.25) is 0 Å². The van der Waals surface area contributed by atoms with Crippen LogP contribution in [0.4, 0.5) is 4.79 Å². The summed E-state index contributed by atoms with van der Waals surface area (Å²) in [5, 5.41) is 1.03. The van der Waals surface area contributed by atoms with Crippen molar-refractivity contribution in [3.63, 3.8) is 0 Å². The Balaban J connectivity index is 1.10. The average molecular weight is 780 g/mol. The molecule has 3 aromatic carbocycles. The minimum Gasteiger partial charge on any atom is -0.497 e. The van der Waals surface area contributed by atoms with Gasteiger partial charge >= 0.3 is 16.3 Å². The number of carbonyl (C=O) groups excluding carboxylic acids is 3. The number of nitrogens with one attached hydrogen (secondary N) is 1. The fourth-order valence-corrected chi connectivity index (χ4v) is 10.7. The van der Waals surface area contributed by atoms with E-state index in [9.17, 15) is 18.0 Å². The molecule has 4 heterocycles. The first-order chi connectivity index (χ1) is 27.0. The molecule has 1 N–H and O–H groups in total. The number of hydrogen-bond donors (Lipinski definition) is 1. The van der Waals surface area contributed by atoms with Gasteiger partial charge in [0.1, 0.15) is 12.4 Å². The molecule has 2 saturated carbocycles. The van der Waals surface area contributed by atoms with Gasteiger partial charge in [-0.05, 0) is 85.0 Å². The zero-order valence-electron chi connectivity index (χ0n) is 32.2. The van der Waals surface area contributed by atoms with Crippen LogP contribution >= 0.6 is 0 Å². The molecule has 294 valence electrons. The van der Waals surface area contributed by atoms with E-state index in [1.807, 2.05) is 42.5 Å². The molecule has 9 rings (SSSR count). The van der Waals surface area contributed by atoms with Gasteiger partial charge in [-0.25, -0.2) is 9.52 Å². The quantitative estimate of drug-likeness (QED) is 0.219. The number of carbonyl (C=O) groups is 3. The number of ether oxygens (including phenoxy) is 2. The van der Waals surface area contributed by atoms with Gasteiger partial charge in [0, 0.05) is 73.8 Å². The molecule has 13 heteroatoms. The lowest BCUT2D eigenvalue weighted by atomic mass is 9.81. The Morgan fingerprint density at radius 2 is 1.64 bits per heavy atom. The van der Waals surface area contributed by atoms with Crippen LogP contribution in [0.25, 0.3) is 22.2 Å². The minimum atomic E-state index is -4.01. The number of likely N-dealkylation sites (tertiary alicyclic amines) is 1. The number of rotatable bonds is 8. The molecule has 2 aliphatic carbocycles. The number of benzene rings is 3. The predicted molar refractivity (Wildman–Crippen MR) is 211 cm³/mol. The molecule has 4 atom stereocenters. The van der Waals surface area contributed by atoms with Gasteiger partial charge in [-0.2, -0.15) is 12.7 Å². The molecule has 4 aromatic rings. The summed E-state index contributed by atoms with van der Waals surface area (Å²) >= 11 is 0. The molecule has 2 bridgehead atoms. The normalized spacial score (nSPS) is 24.2. The second-order valence-electron chi connectivity index (χ2n) is 16.5. The third-order valence-electron chi connectivity index (χ3n) is 13.1. The smallest absolute Gasteiger partial charge is 0.410 e. The number of nitrogens with zero attached hydrogens (tertiary/aromatic N) is 4. The Labute approximate surface area is 327 Å². The second kappa shape index (κ2) is 13.9. The Hall–Kier alpha value is -4.88. The number of piperazine rings is 1. The molecule has 1 aromatic heterocycles. The fourth-order valence-electron chi connectivity index (χ4n) is 10.1. The van der Waals surface area contributed by atoms with Crippen LogP contribution < -0.4 is 9.46 Å². The summed E-state index contributed by atoms with van der Waals surface area (Å²) in [7, 11) is 0.404. The molecule has 12 nitrogen and oxygen atoms in total. The van der Waals surface area contributed by atoms with Crippen molar-refractivity contribution < 1.29 is 32.3 Å². The molecule has 0 radical (unpaired) electrons. The van der Waals surface area contributed by atoms with Gasteiger partial charge in [0.15, 0.2) is 0 Å². The van der Waals surface area contributed by atoms with Crippen LogP contribution in [-0.4, -0.2) is 91.4 Å². The number of fused-ring (bicyclic) bond motifs is 9. The first kappa shape index (κ1) is 36.7. The highest BCUT2D eigenvalue weighted by atomic mass is 32.2. The second-order valence-corrected chi connectivity index (χ2v) is 18.4. The molecule has 2 saturated heterocycles. The summed E-state index contributed by atoms with van der Waals surface area (Å²) in [5.41, 5.74) is 5.74. The van der Waals surface area contributed by atoms with Gasteiger partial charge in [0.2, 0.25) is 5.91 Å². The lowest BCUT2D eigenvalue weighted by molar-refractivity contribution is -0.143. The zero-order chi connectivity index (χ0) is 38.9. The van der Waals surface area contributed by atoms with Crippen LogP contribution in [0.5, 0.6) is 5.75 Å². The first-order valence-electron chi connectivity index (χ1n) is 19.9. The van der Waals surface area contributed by atoms with E-state index in [-0.39, 0.29) is 42.2 Å². The summed E-state index contributed by atoms with van der Waals surface area (Å²) in [5.74, 6) is 0.406. The zero-order valence-corrected chi connectivity index (χ0v) is 33.0. The largest absolute Gasteiger partial charge is 0.497 e. The third kappa shape index (κ3) is 6.14. The van der Waals surface area contributed by atoms with Gasteiger partial charge in [0.25, 0.3) is 5.91 Å². The highest BCUT2D eigenvalue weighted by Gasteiger charge is 2.65. The molecule has 3 aliphatic heterocycles. The van der Waals surface area contributed by atoms with E-state index in [0.717, 1.165) is 81.9 Å². The molecule has 56 heavy (non-hydrogen) atoms. The van der Waals surface area contributed by atoms with Crippen molar-refractivity contribution in [3.05, 3.63) is 89.0 Å². The van der Waals surface area contributed by atoms with Gasteiger partial charge < -0.3 is 23.8 Å². The maximum atomic E-state index is 15.3. The van der Waals surface area contributed by atoms with Crippen LogP contribution in [-0.2, 0) is 32.9 Å². The SMILES string of the molecule is COc1ccc2c(c1)C1CC1(C(=O)N1C3CCC1CN(C(=O)OCc1ccccc1)C3)Cn1c-2c(C2CCCCC2)c2ccc(C(=O)NS(=O)(=O)N(C)C)cc21. The van der Waals surface area contributed by atoms with Crippen LogP contribution in [0.3, 0.4) is 0 Å². The lowest BCUT2D eigenvalue weighted by Crippen LogP contribution is -2.59. The first-order valence-corrected chi connectivity index (χ1v) is 21.3. The summed E-state index contributed by atoms with van der Waals surface area (Å²) in [4.78, 5) is 46.0. The minimum absolute atomic E-state index is 0.0424. The Kier molecular flexibility index (Phi) is 9.15. The van der Waals surface area contributed by atoms with Gasteiger partial charge in [0.05, 0.1) is 18.2 Å². The fraction of sp³-hybridized carbons (Fsp3) is 0.465. The Bertz CT molecular complexity index is 2320. The lowest BCUT2D eigenvalue weighted by Gasteiger charge is -2.42. The van der Waals surface area contributed by atoms with Crippen LogP contribution in [0.15, 0.2) is 66.7 Å². The standard InChI is InChI=1S/C43H49N5O7S/c1-45(2)56(52,53)44-40(49)29-14-18-34-37(20-29)47-26-43(22-36(43)35-21-32(54-3)17-19-33(35)39(47)38(34)28-12-8-5-9-13-28)41(50)48-30-15-16-31(48)24-46(23-30)42(51)55-25-27-10-6-4-7-11-27/h4,6-7,10-11,14,17-21,28,30-31,36H,5,8-9,12-13,15-16,22-26H2,1-3H3,(H,44,49). The maximum absolute atomic E-state index is 15.3. The van der Waals surface area contributed by atoms with Crippen molar-refractivity contribution in [3.8, 4) is 17.0 Å². The Morgan fingerprint density at radius 3 is 2.34 bits per heavy atom. The van der Waals surface area contributed by atoms with E-state index in [1.165, 1.54) is 26.1 Å². The predicted octanol–water partition coefficient (Wildman–Crippen LogP) is 6.40. The van der Waals surface area contributed by atoms with E-state index in [4.69, 9.17) is 9.47 Å². The van der Waals surface area contributed by atoms with Gasteiger partial charge in [-0.15, -0.1) is 0 Å². The monoisotopic (exact) mass is 779 g/mol. The molecule has 0 spiro atoms. The average Bonchev–Trinajstić information content (AvgIpc) is 3.80. The van der Waals surface area contributed by atoms with Crippen molar-refractivity contribution in [1.82, 2.24) is 23.4 Å². The van der Waals surface area contributed by atoms with Crippen molar-refractivity contribution in [2.45, 2.75) is 88.4 Å². The summed E-state index contributed by atoms with van der Waals surface area (Å²) < 4.78 is 42.3. The molecule has 4 unspecified atom stereocenters. The van der Waals surface area contributed by atoms with Crippen molar-refractivity contribution >= 4 is 39.0 Å². The van der Waals surface area contributed by atoms with E-state index < -0.39 is 21.5 Å². The van der Waals surface area contributed by atoms with E-state index >= 15 is 4.79 Å². The van der Waals surface area contributed by atoms with Gasteiger partial charge in [-0.3, -0.25) is 9.59 Å². The maximum Gasteiger partial charge on any atom is 0.410 e. The molecular formula is C43H49N5O7S. The molecule has 5 aliphatic rings. The number of aromatic nitrogens is 1. The van der Waals surface area contributed by atoms with Crippen molar-refractivity contribution in [1.29, 1.82) is 0 Å². The van der Waals surface area contributed by atoms with Crippen LogP contribution in [0.1, 0.15) is 90.3 Å². The number of amides is 3. The molecule has 4 fully saturated rings. The van der Waals surface area contributed by atoms with Crippen molar-refractivity contribution in [2.24, 2.45) is 5.41 Å². The highest BCUT2D eigenvalue weighted by Crippen LogP contribution is 2.66. The van der Waals surface area contributed by atoms with Crippen molar-refractivity contribution in [2.75, 3.05) is 34.3 Å². The van der Waals surface area contributed by atoms with E-state index in [2.05, 4.69) is 26.3 Å². The molecule has 3 amide bonds. The Morgan fingerprint density at radius 1 is 0.911 bits per heavy atom. The van der Waals surface area contributed by atoms with E-state index in [1.54, 1.807) is 24.1 Å². The summed E-state index contributed by atoms with van der Waals surface area (Å²) in [6.45, 7) is 1.48. The number of methoxy groups -OCH3 is 1. The highest BCUT2D eigenvalue weighted by molar-refractivity contribution is 7.87. The summed E-state index contributed by atoms with van der Waals surface area (Å²) in [6.07, 6.45) is 7.53. The summed E-state index contributed by atoms with van der Waals surface area (Å²) in [6, 6.07) is 21.1. The topological polar surface area (TPSA) is 130 Å². The molecular weight excluding hydrogens is 731 g/mol. The van der Waals surface area contributed by atoms with Gasteiger partial charge in [-0.1, -0.05) is 55.7 Å². The van der Waals surface area contributed by atoms with Crippen LogP contribution in [0, 0.1) is 5.41 Å². The number of hydrogen-bond acceptors (Lipinski definition) is 7. The van der Waals surface area contributed by atoms with E-state index in [0.29, 0.717) is 32.0 Å². The third-order valence-corrected chi connectivity index (χ3v) is 14.5.